The minimum atomic E-state index is 0. The van der Waals surface area contributed by atoms with E-state index in [9.17, 15) is 0 Å². The second-order valence-corrected chi connectivity index (χ2v) is 6.00. The molecule has 0 aliphatic heterocycles. The van der Waals surface area contributed by atoms with Crippen LogP contribution in [-0.2, 0) is 6.54 Å². The number of aliphatic imine (C=N–C) groups is 1. The van der Waals surface area contributed by atoms with Crippen molar-refractivity contribution in [2.75, 3.05) is 7.05 Å². The first kappa shape index (κ1) is 18.1. The summed E-state index contributed by atoms with van der Waals surface area (Å²) in [4.78, 5) is 4.30. The molecule has 122 valence electrons. The van der Waals surface area contributed by atoms with Gasteiger partial charge in [-0.3, -0.25) is 4.99 Å². The second kappa shape index (κ2) is 8.55. The Hall–Kier alpha value is -1.27. The Labute approximate surface area is 159 Å². The standard InChI is InChI=1S/C18H20ClN3.HI/c1-20-18(21-12-13-6-3-2-4-7-13)22-17-11-16(17)14-8-5-9-15(19)10-14;/h2-10,16-17H,11-12H2,1H3,(H2,20,21,22);1H. The minimum Gasteiger partial charge on any atom is -0.353 e. The predicted octanol–water partition coefficient (Wildman–Crippen LogP) is 4.18. The first-order chi connectivity index (χ1) is 10.8. The highest BCUT2D eigenvalue weighted by molar-refractivity contribution is 14.0. The summed E-state index contributed by atoms with van der Waals surface area (Å²) in [6, 6.07) is 18.9. The molecular weight excluding hydrogens is 421 g/mol. The van der Waals surface area contributed by atoms with Gasteiger partial charge in [0.25, 0.3) is 0 Å². The lowest BCUT2D eigenvalue weighted by Crippen LogP contribution is -2.38. The Kier molecular flexibility index (Phi) is 6.72. The monoisotopic (exact) mass is 441 g/mol. The van der Waals surface area contributed by atoms with Crippen LogP contribution < -0.4 is 10.6 Å². The SMILES string of the molecule is CN=C(NCc1ccccc1)NC1CC1c1cccc(Cl)c1.I. The summed E-state index contributed by atoms with van der Waals surface area (Å²) in [6.45, 7) is 0.773. The molecule has 5 heteroatoms. The molecular formula is C18H21ClIN3. The molecule has 3 rings (SSSR count). The summed E-state index contributed by atoms with van der Waals surface area (Å²) in [5, 5.41) is 7.63. The predicted molar refractivity (Wildman–Crippen MR) is 108 cm³/mol. The average molecular weight is 442 g/mol. The van der Waals surface area contributed by atoms with E-state index in [1.54, 1.807) is 7.05 Å². The fourth-order valence-corrected chi connectivity index (χ4v) is 2.81. The van der Waals surface area contributed by atoms with Gasteiger partial charge in [-0.1, -0.05) is 54.1 Å². The fraction of sp³-hybridized carbons (Fsp3) is 0.278. The zero-order valence-corrected chi connectivity index (χ0v) is 16.1. The molecule has 1 aliphatic rings. The highest BCUT2D eigenvalue weighted by Gasteiger charge is 2.39. The van der Waals surface area contributed by atoms with Crippen molar-refractivity contribution < 1.29 is 0 Å². The number of benzene rings is 2. The van der Waals surface area contributed by atoms with Crippen LogP contribution in [0.3, 0.4) is 0 Å². The number of halogens is 2. The van der Waals surface area contributed by atoms with Gasteiger partial charge in [-0.15, -0.1) is 24.0 Å². The van der Waals surface area contributed by atoms with E-state index in [1.807, 2.05) is 36.4 Å². The maximum atomic E-state index is 6.06. The third-order valence-electron chi connectivity index (χ3n) is 3.92. The van der Waals surface area contributed by atoms with Gasteiger partial charge in [0.05, 0.1) is 0 Å². The molecule has 2 unspecified atom stereocenters. The maximum Gasteiger partial charge on any atom is 0.191 e. The third kappa shape index (κ3) is 5.11. The largest absolute Gasteiger partial charge is 0.353 e. The van der Waals surface area contributed by atoms with Crippen molar-refractivity contribution in [3.63, 3.8) is 0 Å². The summed E-state index contributed by atoms with van der Waals surface area (Å²) >= 11 is 6.06. The van der Waals surface area contributed by atoms with Gasteiger partial charge in [0.1, 0.15) is 0 Å². The van der Waals surface area contributed by atoms with Crippen molar-refractivity contribution in [2.24, 2.45) is 4.99 Å². The number of hydrogen-bond donors (Lipinski definition) is 2. The molecule has 0 aromatic heterocycles. The van der Waals surface area contributed by atoms with E-state index in [1.165, 1.54) is 11.1 Å². The van der Waals surface area contributed by atoms with E-state index in [4.69, 9.17) is 11.6 Å². The maximum absolute atomic E-state index is 6.06. The zero-order valence-electron chi connectivity index (χ0n) is 13.0. The van der Waals surface area contributed by atoms with Crippen LogP contribution in [0.1, 0.15) is 23.5 Å². The molecule has 0 amide bonds. The Morgan fingerprint density at radius 1 is 1.17 bits per heavy atom. The lowest BCUT2D eigenvalue weighted by Gasteiger charge is -2.12. The molecule has 2 aromatic rings. The molecule has 1 saturated carbocycles. The molecule has 0 radical (unpaired) electrons. The molecule has 2 atom stereocenters. The Balaban J connectivity index is 0.00000192. The summed E-state index contributed by atoms with van der Waals surface area (Å²) < 4.78 is 0. The van der Waals surface area contributed by atoms with Crippen LogP contribution in [0.2, 0.25) is 5.02 Å². The van der Waals surface area contributed by atoms with Crippen LogP contribution in [0, 0.1) is 0 Å². The van der Waals surface area contributed by atoms with Gasteiger partial charge in [0, 0.05) is 30.6 Å². The number of rotatable bonds is 4. The highest BCUT2D eigenvalue weighted by atomic mass is 127. The zero-order chi connectivity index (χ0) is 15.4. The molecule has 0 heterocycles. The molecule has 1 aliphatic carbocycles. The second-order valence-electron chi connectivity index (χ2n) is 5.56. The van der Waals surface area contributed by atoms with Gasteiger partial charge in [-0.2, -0.15) is 0 Å². The van der Waals surface area contributed by atoms with E-state index < -0.39 is 0 Å². The third-order valence-corrected chi connectivity index (χ3v) is 4.15. The number of guanidine groups is 1. The normalized spacial score (nSPS) is 19.7. The van der Waals surface area contributed by atoms with Crippen LogP contribution in [0.4, 0.5) is 0 Å². The van der Waals surface area contributed by atoms with Gasteiger partial charge < -0.3 is 10.6 Å². The summed E-state index contributed by atoms with van der Waals surface area (Å²) in [6.07, 6.45) is 1.12. The molecule has 1 fully saturated rings. The van der Waals surface area contributed by atoms with Crippen LogP contribution in [0.25, 0.3) is 0 Å². The van der Waals surface area contributed by atoms with E-state index in [0.717, 1.165) is 23.9 Å². The number of nitrogens with zero attached hydrogens (tertiary/aromatic N) is 1. The quantitative estimate of drug-likeness (QED) is 0.424. The van der Waals surface area contributed by atoms with E-state index in [0.29, 0.717) is 12.0 Å². The van der Waals surface area contributed by atoms with Crippen molar-refractivity contribution in [2.45, 2.75) is 24.9 Å². The first-order valence-electron chi connectivity index (χ1n) is 7.53. The van der Waals surface area contributed by atoms with Crippen molar-refractivity contribution >= 4 is 41.5 Å². The van der Waals surface area contributed by atoms with Crippen LogP contribution in [-0.4, -0.2) is 19.0 Å². The average Bonchev–Trinajstić information content (AvgIpc) is 3.32. The van der Waals surface area contributed by atoms with Gasteiger partial charge in [-0.05, 0) is 29.7 Å². The van der Waals surface area contributed by atoms with Gasteiger partial charge >= 0.3 is 0 Å². The molecule has 0 bridgehead atoms. The van der Waals surface area contributed by atoms with Crippen molar-refractivity contribution in [1.29, 1.82) is 0 Å². The van der Waals surface area contributed by atoms with Crippen molar-refractivity contribution in [1.82, 2.24) is 10.6 Å². The fourth-order valence-electron chi connectivity index (χ4n) is 2.61. The van der Waals surface area contributed by atoms with E-state index in [2.05, 4.69) is 33.8 Å². The molecule has 0 saturated heterocycles. The highest BCUT2D eigenvalue weighted by Crippen LogP contribution is 2.41. The Bertz CT molecular complexity index is 660. The minimum absolute atomic E-state index is 0. The Morgan fingerprint density at radius 3 is 2.65 bits per heavy atom. The van der Waals surface area contributed by atoms with Crippen molar-refractivity contribution in [3.05, 3.63) is 70.7 Å². The van der Waals surface area contributed by atoms with Gasteiger partial charge in [0.15, 0.2) is 5.96 Å². The molecule has 2 N–H and O–H groups in total. The van der Waals surface area contributed by atoms with E-state index >= 15 is 0 Å². The topological polar surface area (TPSA) is 36.4 Å². The first-order valence-corrected chi connectivity index (χ1v) is 7.90. The van der Waals surface area contributed by atoms with Crippen LogP contribution >= 0.6 is 35.6 Å². The van der Waals surface area contributed by atoms with Crippen LogP contribution in [0.5, 0.6) is 0 Å². The lowest BCUT2D eigenvalue weighted by atomic mass is 10.1. The molecule has 3 nitrogen and oxygen atoms in total. The van der Waals surface area contributed by atoms with Gasteiger partial charge in [0.2, 0.25) is 0 Å². The number of hydrogen-bond acceptors (Lipinski definition) is 1. The summed E-state index contributed by atoms with van der Waals surface area (Å²) in [5.41, 5.74) is 2.54. The molecule has 0 spiro atoms. The lowest BCUT2D eigenvalue weighted by molar-refractivity contribution is 0.790. The summed E-state index contributed by atoms with van der Waals surface area (Å²) in [5.74, 6) is 1.37. The smallest absolute Gasteiger partial charge is 0.191 e. The van der Waals surface area contributed by atoms with Gasteiger partial charge in [-0.25, -0.2) is 0 Å². The molecule has 2 aromatic carbocycles. The van der Waals surface area contributed by atoms with Crippen molar-refractivity contribution in [3.8, 4) is 0 Å². The Morgan fingerprint density at radius 2 is 1.96 bits per heavy atom. The van der Waals surface area contributed by atoms with E-state index in [-0.39, 0.29) is 24.0 Å². The van der Waals surface area contributed by atoms with Crippen LogP contribution in [0.15, 0.2) is 59.6 Å². The summed E-state index contributed by atoms with van der Waals surface area (Å²) in [7, 11) is 1.80. The molecule has 23 heavy (non-hydrogen) atoms. The number of nitrogens with one attached hydrogen (secondary N) is 2.